The highest BCUT2D eigenvalue weighted by Gasteiger charge is 2.28. The third-order valence-corrected chi connectivity index (χ3v) is 5.87. The Kier molecular flexibility index (Phi) is 6.00. The van der Waals surface area contributed by atoms with Crippen molar-refractivity contribution in [3.63, 3.8) is 0 Å². The molecule has 2 aliphatic rings. The van der Waals surface area contributed by atoms with E-state index in [-0.39, 0.29) is 5.91 Å². The highest BCUT2D eigenvalue weighted by atomic mass is 32.2. The van der Waals surface area contributed by atoms with Crippen LogP contribution in [-0.2, 0) is 4.79 Å². The molecule has 0 aliphatic carbocycles. The first-order valence-electron chi connectivity index (χ1n) is 9.64. The van der Waals surface area contributed by atoms with E-state index in [2.05, 4.69) is 45.6 Å². The molecule has 4 rings (SSSR count). The summed E-state index contributed by atoms with van der Waals surface area (Å²) in [5, 5.41) is 0.805. The van der Waals surface area contributed by atoms with E-state index in [4.69, 9.17) is 4.74 Å². The van der Waals surface area contributed by atoms with Crippen LogP contribution >= 0.6 is 11.8 Å². The molecule has 2 aliphatic heterocycles. The largest absolute Gasteiger partial charge is 0.490 e. The van der Waals surface area contributed by atoms with Crippen molar-refractivity contribution < 1.29 is 9.53 Å². The van der Waals surface area contributed by atoms with Gasteiger partial charge in [0.25, 0.3) is 5.91 Å². The minimum atomic E-state index is -0.164. The highest BCUT2D eigenvalue weighted by molar-refractivity contribution is 8.18. The summed E-state index contributed by atoms with van der Waals surface area (Å²) in [6.07, 6.45) is 3.60. The fraction of sp³-hybridized carbons (Fsp3) is 0.217. The third kappa shape index (κ3) is 4.71. The number of nitrogens with zero attached hydrogens (tertiary/aromatic N) is 3. The molecule has 1 amide bonds. The molecule has 5 nitrogen and oxygen atoms in total. The molecule has 6 heteroatoms. The van der Waals surface area contributed by atoms with Crippen LogP contribution in [0, 0.1) is 0 Å². The molecular weight excluding hydrogens is 382 g/mol. The molecular formula is C23H23N3O2S. The number of amidine groups is 1. The maximum absolute atomic E-state index is 12.4. The van der Waals surface area contributed by atoms with Gasteiger partial charge in [0.1, 0.15) is 12.4 Å². The second kappa shape index (κ2) is 9.01. The first kappa shape index (κ1) is 19.3. The number of anilines is 1. The van der Waals surface area contributed by atoms with Gasteiger partial charge in [0, 0.05) is 31.9 Å². The van der Waals surface area contributed by atoms with Crippen molar-refractivity contribution in [1.29, 1.82) is 0 Å². The van der Waals surface area contributed by atoms with Gasteiger partial charge in [-0.05, 0) is 47.7 Å². The van der Waals surface area contributed by atoms with Crippen LogP contribution in [-0.4, -0.2) is 48.8 Å². The van der Waals surface area contributed by atoms with Gasteiger partial charge in [0.2, 0.25) is 0 Å². The molecule has 0 N–H and O–H groups in total. The zero-order valence-electron chi connectivity index (χ0n) is 16.2. The van der Waals surface area contributed by atoms with Crippen molar-refractivity contribution >= 4 is 34.6 Å². The van der Waals surface area contributed by atoms with Crippen molar-refractivity contribution in [1.82, 2.24) is 4.90 Å². The second-order valence-electron chi connectivity index (χ2n) is 6.79. The second-order valence-corrected chi connectivity index (χ2v) is 7.80. The highest BCUT2D eigenvalue weighted by Crippen LogP contribution is 2.31. The molecule has 0 bridgehead atoms. The van der Waals surface area contributed by atoms with Crippen molar-refractivity contribution in [3.05, 3.63) is 77.7 Å². The molecule has 0 atom stereocenters. The minimum Gasteiger partial charge on any atom is -0.490 e. The average molecular weight is 406 g/mol. The monoisotopic (exact) mass is 405 g/mol. The molecule has 1 fully saturated rings. The summed E-state index contributed by atoms with van der Waals surface area (Å²) in [5.74, 6) is 0.619. The summed E-state index contributed by atoms with van der Waals surface area (Å²) in [6, 6.07) is 18.1. The molecule has 148 valence electrons. The number of hydrogen-bond donors (Lipinski definition) is 0. The van der Waals surface area contributed by atoms with E-state index in [1.807, 2.05) is 36.4 Å². The number of amides is 1. The van der Waals surface area contributed by atoms with E-state index < -0.39 is 0 Å². The van der Waals surface area contributed by atoms with Crippen LogP contribution in [0.25, 0.3) is 6.08 Å². The van der Waals surface area contributed by atoms with Gasteiger partial charge in [-0.1, -0.05) is 43.0 Å². The number of hydrogen-bond acceptors (Lipinski definition) is 5. The summed E-state index contributed by atoms with van der Waals surface area (Å²) in [4.78, 5) is 21.9. The van der Waals surface area contributed by atoms with E-state index in [0.717, 1.165) is 42.7 Å². The number of benzene rings is 2. The van der Waals surface area contributed by atoms with Gasteiger partial charge in [-0.2, -0.15) is 4.99 Å². The Bertz CT molecular complexity index is 930. The van der Waals surface area contributed by atoms with Gasteiger partial charge < -0.3 is 14.5 Å². The van der Waals surface area contributed by atoms with Crippen LogP contribution in [0.2, 0.25) is 0 Å². The summed E-state index contributed by atoms with van der Waals surface area (Å²) < 4.78 is 5.49. The predicted octanol–water partition coefficient (Wildman–Crippen LogP) is 4.04. The van der Waals surface area contributed by atoms with Gasteiger partial charge in [0.15, 0.2) is 5.17 Å². The van der Waals surface area contributed by atoms with E-state index in [1.165, 1.54) is 17.4 Å². The lowest BCUT2D eigenvalue weighted by Crippen LogP contribution is -2.47. The number of rotatable bonds is 5. The number of carbonyl (C=O) groups is 1. The zero-order chi connectivity index (χ0) is 20.1. The lowest BCUT2D eigenvalue weighted by atomic mass is 10.2. The predicted molar refractivity (Wildman–Crippen MR) is 120 cm³/mol. The summed E-state index contributed by atoms with van der Waals surface area (Å²) >= 11 is 1.46. The van der Waals surface area contributed by atoms with Crippen molar-refractivity contribution in [2.45, 2.75) is 0 Å². The number of ether oxygens (including phenoxy) is 1. The fourth-order valence-electron chi connectivity index (χ4n) is 3.29. The van der Waals surface area contributed by atoms with Crippen molar-refractivity contribution in [2.24, 2.45) is 4.99 Å². The molecule has 0 aromatic heterocycles. The van der Waals surface area contributed by atoms with Gasteiger partial charge in [-0.3, -0.25) is 4.79 Å². The summed E-state index contributed by atoms with van der Waals surface area (Å²) in [5.41, 5.74) is 2.20. The number of piperazine rings is 1. The lowest BCUT2D eigenvalue weighted by molar-refractivity contribution is -0.113. The van der Waals surface area contributed by atoms with Crippen LogP contribution in [0.4, 0.5) is 5.69 Å². The molecule has 0 unspecified atom stereocenters. The molecule has 29 heavy (non-hydrogen) atoms. The number of aliphatic imine (C=N–C) groups is 1. The molecule has 2 aromatic rings. The van der Waals surface area contributed by atoms with E-state index in [0.29, 0.717) is 11.5 Å². The smallest absolute Gasteiger partial charge is 0.286 e. The zero-order valence-corrected chi connectivity index (χ0v) is 17.0. The molecule has 0 spiro atoms. The van der Waals surface area contributed by atoms with E-state index in [1.54, 1.807) is 6.08 Å². The van der Waals surface area contributed by atoms with Crippen molar-refractivity contribution in [2.75, 3.05) is 37.7 Å². The van der Waals surface area contributed by atoms with Gasteiger partial charge in [-0.25, -0.2) is 0 Å². The molecule has 0 saturated carbocycles. The average Bonchev–Trinajstić information content (AvgIpc) is 3.14. The van der Waals surface area contributed by atoms with Crippen LogP contribution in [0.5, 0.6) is 5.75 Å². The molecule has 0 radical (unpaired) electrons. The maximum Gasteiger partial charge on any atom is 0.286 e. The standard InChI is InChI=1S/C23H23N3O2S/c1-2-16-28-20-10-8-18(9-11-20)17-21-22(27)24-23(29-21)26-14-12-25(13-15-26)19-6-4-3-5-7-19/h2-11,17H,1,12-16H2. The van der Waals surface area contributed by atoms with Gasteiger partial charge in [-0.15, -0.1) is 0 Å². The number of thioether (sulfide) groups is 1. The van der Waals surface area contributed by atoms with Gasteiger partial charge in [0.05, 0.1) is 4.91 Å². The molecule has 2 heterocycles. The Morgan fingerprint density at radius 1 is 1.00 bits per heavy atom. The molecule has 1 saturated heterocycles. The van der Waals surface area contributed by atoms with Crippen LogP contribution in [0.15, 0.2) is 77.1 Å². The number of carbonyl (C=O) groups excluding carboxylic acids is 1. The van der Waals surface area contributed by atoms with E-state index in [9.17, 15) is 4.79 Å². The number of para-hydroxylation sites is 1. The SMILES string of the molecule is C=CCOc1ccc(C=C2SC(N3CCN(c4ccccc4)CC3)=NC2=O)cc1. The lowest BCUT2D eigenvalue weighted by Gasteiger charge is -2.36. The van der Waals surface area contributed by atoms with Crippen LogP contribution < -0.4 is 9.64 Å². The maximum atomic E-state index is 12.4. The fourth-order valence-corrected chi connectivity index (χ4v) is 4.26. The summed E-state index contributed by atoms with van der Waals surface area (Å²) in [6.45, 7) is 7.67. The van der Waals surface area contributed by atoms with E-state index >= 15 is 0 Å². The first-order chi connectivity index (χ1) is 14.2. The first-order valence-corrected chi connectivity index (χ1v) is 10.5. The third-order valence-electron chi connectivity index (χ3n) is 4.83. The summed E-state index contributed by atoms with van der Waals surface area (Å²) in [7, 11) is 0. The topological polar surface area (TPSA) is 45.1 Å². The Labute approximate surface area is 175 Å². The Hall–Kier alpha value is -2.99. The Morgan fingerprint density at radius 3 is 2.38 bits per heavy atom. The molecule has 2 aromatic carbocycles. The van der Waals surface area contributed by atoms with Crippen LogP contribution in [0.3, 0.4) is 0 Å². The van der Waals surface area contributed by atoms with Crippen LogP contribution in [0.1, 0.15) is 5.56 Å². The minimum absolute atomic E-state index is 0.164. The Morgan fingerprint density at radius 2 is 1.69 bits per heavy atom. The van der Waals surface area contributed by atoms with Gasteiger partial charge >= 0.3 is 0 Å². The Balaban J connectivity index is 1.36. The quantitative estimate of drug-likeness (QED) is 0.555. The normalized spacial score (nSPS) is 18.1. The van der Waals surface area contributed by atoms with Crippen molar-refractivity contribution in [3.8, 4) is 5.75 Å².